The van der Waals surface area contributed by atoms with Crippen LogP contribution >= 0.6 is 11.6 Å². The van der Waals surface area contributed by atoms with Crippen LogP contribution in [0, 0.1) is 0 Å². The zero-order chi connectivity index (χ0) is 20.6. The molecule has 0 N–H and O–H groups in total. The number of nitrogens with zero attached hydrogens (tertiary/aromatic N) is 3. The van der Waals surface area contributed by atoms with Gasteiger partial charge in [-0.15, -0.1) is 0 Å². The number of hydrogen-bond donors (Lipinski definition) is 0. The molecule has 0 radical (unpaired) electrons. The topological polar surface area (TPSA) is 59.2 Å². The van der Waals surface area contributed by atoms with Crippen LogP contribution in [0.25, 0.3) is 11.4 Å². The minimum Gasteiger partial charge on any atom is -0.339 e. The average Bonchev–Trinajstić information content (AvgIpc) is 3.30. The number of carbonyl (C=O) groups excluding carboxylic acids is 1. The van der Waals surface area contributed by atoms with Gasteiger partial charge in [-0.25, -0.2) is 0 Å². The van der Waals surface area contributed by atoms with Gasteiger partial charge in [-0.3, -0.25) is 4.79 Å². The fourth-order valence-electron chi connectivity index (χ4n) is 3.28. The minimum atomic E-state index is -4.46. The summed E-state index contributed by atoms with van der Waals surface area (Å²) in [6.07, 6.45) is -4.27. The summed E-state index contributed by atoms with van der Waals surface area (Å²) >= 11 is 6.16. The van der Waals surface area contributed by atoms with Gasteiger partial charge in [0.15, 0.2) is 0 Å². The smallest absolute Gasteiger partial charge is 0.339 e. The van der Waals surface area contributed by atoms with Gasteiger partial charge >= 0.3 is 6.18 Å². The zero-order valence-electron chi connectivity index (χ0n) is 15.0. The van der Waals surface area contributed by atoms with E-state index in [1.807, 2.05) is 18.2 Å². The Morgan fingerprint density at radius 3 is 2.72 bits per heavy atom. The molecular formula is C20H15ClF3N3O2. The summed E-state index contributed by atoms with van der Waals surface area (Å²) in [5, 5.41) is 4.38. The number of likely N-dealkylation sites (tertiary alicyclic amines) is 1. The second-order valence-electron chi connectivity index (χ2n) is 6.80. The summed E-state index contributed by atoms with van der Waals surface area (Å²) in [7, 11) is 0. The van der Waals surface area contributed by atoms with Gasteiger partial charge in [0, 0.05) is 30.1 Å². The van der Waals surface area contributed by atoms with E-state index in [1.165, 1.54) is 12.1 Å². The number of amides is 1. The molecule has 5 nitrogen and oxygen atoms in total. The molecule has 1 fully saturated rings. The molecule has 0 aliphatic carbocycles. The maximum Gasteiger partial charge on any atom is 0.416 e. The molecular weight excluding hydrogens is 407 g/mol. The Bertz CT molecular complexity index is 1050. The van der Waals surface area contributed by atoms with Crippen LogP contribution in [-0.4, -0.2) is 27.5 Å². The van der Waals surface area contributed by atoms with E-state index in [-0.39, 0.29) is 35.5 Å². The molecule has 1 atom stereocenters. The van der Waals surface area contributed by atoms with Crippen molar-refractivity contribution in [2.45, 2.75) is 25.1 Å². The summed E-state index contributed by atoms with van der Waals surface area (Å²) < 4.78 is 44.0. The Morgan fingerprint density at radius 1 is 1.17 bits per heavy atom. The molecule has 0 bridgehead atoms. The lowest BCUT2D eigenvalue weighted by atomic mass is 10.1. The fraction of sp³-hybridized carbons (Fsp3) is 0.250. The molecule has 0 spiro atoms. The Hall–Kier alpha value is -2.87. The molecule has 29 heavy (non-hydrogen) atoms. The van der Waals surface area contributed by atoms with Crippen LogP contribution in [0.2, 0.25) is 5.02 Å². The van der Waals surface area contributed by atoms with Crippen molar-refractivity contribution in [3.05, 3.63) is 70.6 Å². The van der Waals surface area contributed by atoms with Gasteiger partial charge in [0.25, 0.3) is 0 Å². The third-order valence-electron chi connectivity index (χ3n) is 4.77. The number of alkyl halides is 3. The van der Waals surface area contributed by atoms with Crippen LogP contribution in [0.5, 0.6) is 0 Å². The highest BCUT2D eigenvalue weighted by molar-refractivity contribution is 6.31. The van der Waals surface area contributed by atoms with Crippen molar-refractivity contribution in [2.75, 3.05) is 6.54 Å². The first-order valence-corrected chi connectivity index (χ1v) is 9.21. The van der Waals surface area contributed by atoms with E-state index in [4.69, 9.17) is 16.1 Å². The van der Waals surface area contributed by atoms with Crippen LogP contribution in [0.1, 0.15) is 29.4 Å². The van der Waals surface area contributed by atoms with Crippen molar-refractivity contribution in [2.24, 2.45) is 0 Å². The van der Waals surface area contributed by atoms with E-state index in [1.54, 1.807) is 11.0 Å². The molecule has 0 saturated carbocycles. The number of benzene rings is 2. The monoisotopic (exact) mass is 421 g/mol. The normalized spacial score (nSPS) is 17.2. The van der Waals surface area contributed by atoms with Gasteiger partial charge in [0.1, 0.15) is 0 Å². The van der Waals surface area contributed by atoms with E-state index >= 15 is 0 Å². The van der Waals surface area contributed by atoms with Crippen LogP contribution in [0.4, 0.5) is 13.2 Å². The maximum absolute atomic E-state index is 12.9. The van der Waals surface area contributed by atoms with Gasteiger partial charge in [-0.05, 0) is 23.8 Å². The molecule has 150 valence electrons. The quantitative estimate of drug-likeness (QED) is 0.599. The number of hydrogen-bond acceptors (Lipinski definition) is 4. The Morgan fingerprint density at radius 2 is 1.97 bits per heavy atom. The third kappa shape index (κ3) is 4.12. The number of aromatic nitrogens is 2. The SMILES string of the molecule is O=C1CC(c2nc(-c3cccc(C(F)(F)F)c3)no2)CN1Cc1ccccc1Cl. The van der Waals surface area contributed by atoms with Crippen molar-refractivity contribution in [3.63, 3.8) is 0 Å². The molecule has 1 aromatic heterocycles. The molecule has 1 aliphatic heterocycles. The van der Waals surface area contributed by atoms with Crippen molar-refractivity contribution in [3.8, 4) is 11.4 Å². The number of carbonyl (C=O) groups is 1. The molecule has 1 aliphatic rings. The Kier molecular flexibility index (Phi) is 5.04. The van der Waals surface area contributed by atoms with Crippen LogP contribution in [0.15, 0.2) is 53.1 Å². The predicted molar refractivity (Wildman–Crippen MR) is 99.0 cm³/mol. The summed E-state index contributed by atoms with van der Waals surface area (Å²) in [6, 6.07) is 12.0. The highest BCUT2D eigenvalue weighted by atomic mass is 35.5. The largest absolute Gasteiger partial charge is 0.416 e. The van der Waals surface area contributed by atoms with Gasteiger partial charge in [0.05, 0.1) is 11.5 Å². The van der Waals surface area contributed by atoms with Crippen molar-refractivity contribution >= 4 is 17.5 Å². The lowest BCUT2D eigenvalue weighted by Crippen LogP contribution is -2.24. The van der Waals surface area contributed by atoms with Crippen LogP contribution < -0.4 is 0 Å². The number of rotatable bonds is 4. The summed E-state index contributed by atoms with van der Waals surface area (Å²) in [6.45, 7) is 0.734. The minimum absolute atomic E-state index is 0.0584. The summed E-state index contributed by atoms with van der Waals surface area (Å²) in [4.78, 5) is 18.3. The first-order chi connectivity index (χ1) is 13.8. The standard InChI is InChI=1S/C20H15ClF3N3O2/c21-16-7-2-1-4-13(16)10-27-11-14(9-17(27)28)19-25-18(26-29-19)12-5-3-6-15(8-12)20(22,23)24/h1-8,14H,9-11H2. The second-order valence-corrected chi connectivity index (χ2v) is 7.21. The predicted octanol–water partition coefficient (Wildman–Crippen LogP) is 4.92. The average molecular weight is 422 g/mol. The van der Waals surface area contributed by atoms with E-state index in [2.05, 4.69) is 10.1 Å². The lowest BCUT2D eigenvalue weighted by molar-refractivity contribution is -0.137. The van der Waals surface area contributed by atoms with E-state index in [9.17, 15) is 18.0 Å². The Balaban J connectivity index is 1.50. The van der Waals surface area contributed by atoms with E-state index in [0.717, 1.165) is 17.7 Å². The Labute approximate surface area is 169 Å². The summed E-state index contributed by atoms with van der Waals surface area (Å²) in [5.74, 6) is -0.110. The maximum atomic E-state index is 12.9. The molecule has 2 aromatic carbocycles. The first kappa shape index (κ1) is 19.4. The van der Waals surface area contributed by atoms with E-state index in [0.29, 0.717) is 18.1 Å². The molecule has 9 heteroatoms. The molecule has 3 aromatic rings. The zero-order valence-corrected chi connectivity index (χ0v) is 15.7. The molecule has 1 saturated heterocycles. The molecule has 1 unspecified atom stereocenters. The van der Waals surface area contributed by atoms with Gasteiger partial charge < -0.3 is 9.42 Å². The highest BCUT2D eigenvalue weighted by Crippen LogP contribution is 2.33. The fourth-order valence-corrected chi connectivity index (χ4v) is 3.47. The molecule has 4 rings (SSSR count). The van der Waals surface area contributed by atoms with Crippen LogP contribution in [-0.2, 0) is 17.5 Å². The van der Waals surface area contributed by atoms with E-state index < -0.39 is 11.7 Å². The molecule has 2 heterocycles. The molecule has 1 amide bonds. The first-order valence-electron chi connectivity index (χ1n) is 8.83. The van der Waals surface area contributed by atoms with Crippen molar-refractivity contribution in [1.82, 2.24) is 15.0 Å². The van der Waals surface area contributed by atoms with Crippen molar-refractivity contribution in [1.29, 1.82) is 0 Å². The highest BCUT2D eigenvalue weighted by Gasteiger charge is 2.35. The van der Waals surface area contributed by atoms with Crippen LogP contribution in [0.3, 0.4) is 0 Å². The second kappa shape index (κ2) is 7.51. The van der Waals surface area contributed by atoms with Crippen molar-refractivity contribution < 1.29 is 22.5 Å². The third-order valence-corrected chi connectivity index (χ3v) is 5.14. The lowest BCUT2D eigenvalue weighted by Gasteiger charge is -2.16. The number of halogens is 4. The van der Waals surface area contributed by atoms with Gasteiger partial charge in [-0.1, -0.05) is 47.1 Å². The van der Waals surface area contributed by atoms with Gasteiger partial charge in [-0.2, -0.15) is 18.2 Å². The summed E-state index contributed by atoms with van der Waals surface area (Å²) in [5.41, 5.74) is 0.244. The van der Waals surface area contributed by atoms with Gasteiger partial charge in [0.2, 0.25) is 17.6 Å².